The molecular weight excluding hydrogens is 439 g/mol. The molecule has 1 aromatic heterocycles. The van der Waals surface area contributed by atoms with Gasteiger partial charge in [0.25, 0.3) is 0 Å². The van der Waals surface area contributed by atoms with Crippen LogP contribution in [0.1, 0.15) is 29.3 Å². The van der Waals surface area contributed by atoms with E-state index in [9.17, 15) is 22.0 Å². The lowest BCUT2D eigenvalue weighted by Crippen LogP contribution is -2.28. The predicted molar refractivity (Wildman–Crippen MR) is 117 cm³/mol. The molecule has 0 bridgehead atoms. The van der Waals surface area contributed by atoms with Gasteiger partial charge in [0.05, 0.1) is 5.69 Å². The normalized spacial score (nSPS) is 17.5. The van der Waals surface area contributed by atoms with E-state index in [1.54, 1.807) is 30.3 Å². The average molecular weight is 460 g/mol. The predicted octanol–water partition coefficient (Wildman–Crippen LogP) is 5.87. The molecule has 2 aromatic carbocycles. The van der Waals surface area contributed by atoms with Gasteiger partial charge < -0.3 is 10.6 Å². The molecule has 1 aliphatic rings. The molecule has 1 aliphatic carbocycles. The molecule has 0 saturated carbocycles. The van der Waals surface area contributed by atoms with E-state index >= 15 is 0 Å². The maximum atomic E-state index is 13.4. The van der Waals surface area contributed by atoms with E-state index in [0.717, 1.165) is 11.1 Å². The van der Waals surface area contributed by atoms with Gasteiger partial charge in [0, 0.05) is 17.5 Å². The summed E-state index contributed by atoms with van der Waals surface area (Å²) in [6.45, 7) is 0.952. The van der Waals surface area contributed by atoms with Crippen LogP contribution in [-0.4, -0.2) is 22.7 Å². The SMILES string of the molecule is CC1(c2ccc(F)cc2)C=Cc2nc(NCc3ccc(F)cc3)nc(NCC(F)(F)F)c2C1. The molecule has 1 heterocycles. The quantitative estimate of drug-likeness (QED) is 0.452. The Morgan fingerprint density at radius 3 is 2.18 bits per heavy atom. The second kappa shape index (κ2) is 8.80. The van der Waals surface area contributed by atoms with E-state index in [1.807, 2.05) is 13.0 Å². The summed E-state index contributed by atoms with van der Waals surface area (Å²) in [6, 6.07) is 11.9. The smallest absolute Gasteiger partial charge is 0.361 e. The number of nitrogens with zero attached hydrogens (tertiary/aromatic N) is 2. The molecule has 1 unspecified atom stereocenters. The van der Waals surface area contributed by atoms with Crippen molar-refractivity contribution < 1.29 is 22.0 Å². The van der Waals surface area contributed by atoms with Crippen molar-refractivity contribution in [2.45, 2.75) is 31.5 Å². The van der Waals surface area contributed by atoms with Crippen LogP contribution in [0.15, 0.2) is 54.6 Å². The molecule has 0 aliphatic heterocycles. The van der Waals surface area contributed by atoms with Crippen LogP contribution >= 0.6 is 0 Å². The fourth-order valence-electron chi connectivity index (χ4n) is 3.72. The first-order valence-electron chi connectivity index (χ1n) is 10.3. The molecule has 4 nitrogen and oxygen atoms in total. The fourth-order valence-corrected chi connectivity index (χ4v) is 3.72. The summed E-state index contributed by atoms with van der Waals surface area (Å²) in [5.74, 6) is -0.499. The maximum Gasteiger partial charge on any atom is 0.405 e. The minimum atomic E-state index is -4.43. The van der Waals surface area contributed by atoms with Crippen LogP contribution in [0, 0.1) is 11.6 Å². The van der Waals surface area contributed by atoms with Gasteiger partial charge in [-0.3, -0.25) is 0 Å². The summed E-state index contributed by atoms with van der Waals surface area (Å²) < 4.78 is 65.3. The molecule has 0 fully saturated rings. The zero-order valence-electron chi connectivity index (χ0n) is 17.7. The lowest BCUT2D eigenvalue weighted by atomic mass is 9.74. The highest BCUT2D eigenvalue weighted by atomic mass is 19.4. The summed E-state index contributed by atoms with van der Waals surface area (Å²) in [4.78, 5) is 8.75. The van der Waals surface area contributed by atoms with E-state index in [-0.39, 0.29) is 29.9 Å². The highest BCUT2D eigenvalue weighted by Crippen LogP contribution is 2.38. The second-order valence-electron chi connectivity index (χ2n) is 8.14. The van der Waals surface area contributed by atoms with Gasteiger partial charge >= 0.3 is 6.18 Å². The van der Waals surface area contributed by atoms with E-state index < -0.39 is 18.1 Å². The summed E-state index contributed by atoms with van der Waals surface area (Å²) >= 11 is 0. The van der Waals surface area contributed by atoms with Crippen molar-refractivity contribution >= 4 is 17.8 Å². The number of halogens is 5. The number of fused-ring (bicyclic) bond motifs is 1. The Morgan fingerprint density at radius 2 is 1.55 bits per heavy atom. The number of hydrogen-bond acceptors (Lipinski definition) is 4. The van der Waals surface area contributed by atoms with Crippen LogP contribution in [0.4, 0.5) is 33.7 Å². The number of anilines is 2. The van der Waals surface area contributed by atoms with Crippen molar-refractivity contribution in [3.05, 3.63) is 88.6 Å². The van der Waals surface area contributed by atoms with Crippen LogP contribution in [0.5, 0.6) is 0 Å². The van der Waals surface area contributed by atoms with Gasteiger partial charge in [-0.1, -0.05) is 37.3 Å². The van der Waals surface area contributed by atoms with E-state index in [0.29, 0.717) is 17.7 Å². The van der Waals surface area contributed by atoms with Crippen molar-refractivity contribution in [3.63, 3.8) is 0 Å². The number of benzene rings is 2. The number of rotatable bonds is 6. The number of hydrogen-bond donors (Lipinski definition) is 2. The molecular formula is C24H21F5N4. The van der Waals surface area contributed by atoms with E-state index in [1.165, 1.54) is 24.3 Å². The first-order chi connectivity index (χ1) is 15.6. The molecule has 3 aromatic rings. The first kappa shape index (κ1) is 22.7. The fraction of sp³-hybridized carbons (Fsp3) is 0.250. The summed E-state index contributed by atoms with van der Waals surface area (Å²) in [5, 5.41) is 5.38. The Labute approximate surface area is 187 Å². The van der Waals surface area contributed by atoms with Crippen LogP contribution in [-0.2, 0) is 18.4 Å². The standard InChI is InChI=1S/C24H21F5N4/c1-23(16-4-8-18(26)9-5-16)11-10-20-19(12-23)21(31-14-24(27,28)29)33-22(32-20)30-13-15-2-6-17(25)7-3-15/h2-11H,12-14H2,1H3,(H2,30,31,32,33). The summed E-state index contributed by atoms with van der Waals surface area (Å²) in [5.41, 5.74) is 2.06. The summed E-state index contributed by atoms with van der Waals surface area (Å²) in [6.07, 6.45) is -0.439. The molecule has 0 saturated heterocycles. The Balaban J connectivity index is 1.64. The number of alkyl halides is 3. The van der Waals surface area contributed by atoms with Crippen molar-refractivity contribution in [1.29, 1.82) is 0 Å². The lowest BCUT2D eigenvalue weighted by Gasteiger charge is -2.31. The molecule has 172 valence electrons. The number of aromatic nitrogens is 2. The van der Waals surface area contributed by atoms with E-state index in [2.05, 4.69) is 20.6 Å². The van der Waals surface area contributed by atoms with Gasteiger partial charge in [0.15, 0.2) is 0 Å². The van der Waals surface area contributed by atoms with Crippen molar-refractivity contribution in [1.82, 2.24) is 9.97 Å². The van der Waals surface area contributed by atoms with Crippen molar-refractivity contribution in [2.24, 2.45) is 0 Å². The average Bonchev–Trinajstić information content (AvgIpc) is 2.77. The van der Waals surface area contributed by atoms with E-state index in [4.69, 9.17) is 0 Å². The monoisotopic (exact) mass is 460 g/mol. The largest absolute Gasteiger partial charge is 0.405 e. The third kappa shape index (κ3) is 5.47. The Morgan fingerprint density at radius 1 is 0.909 bits per heavy atom. The third-order valence-corrected chi connectivity index (χ3v) is 5.52. The van der Waals surface area contributed by atoms with Gasteiger partial charge in [0.2, 0.25) is 5.95 Å². The highest BCUT2D eigenvalue weighted by Gasteiger charge is 2.33. The number of allylic oxidation sites excluding steroid dienone is 1. The number of nitrogens with one attached hydrogen (secondary N) is 2. The molecule has 33 heavy (non-hydrogen) atoms. The topological polar surface area (TPSA) is 49.8 Å². The van der Waals surface area contributed by atoms with Gasteiger partial charge in [-0.25, -0.2) is 13.8 Å². The Kier molecular flexibility index (Phi) is 6.05. The van der Waals surface area contributed by atoms with Crippen LogP contribution in [0.25, 0.3) is 6.08 Å². The van der Waals surface area contributed by atoms with Gasteiger partial charge in [-0.2, -0.15) is 18.2 Å². The Bertz CT molecular complexity index is 1160. The molecule has 0 amide bonds. The highest BCUT2D eigenvalue weighted by molar-refractivity contribution is 5.66. The zero-order valence-corrected chi connectivity index (χ0v) is 17.7. The van der Waals surface area contributed by atoms with Gasteiger partial charge in [-0.15, -0.1) is 0 Å². The van der Waals surface area contributed by atoms with Crippen LogP contribution < -0.4 is 10.6 Å². The molecule has 2 N–H and O–H groups in total. The third-order valence-electron chi connectivity index (χ3n) is 5.52. The molecule has 0 spiro atoms. The molecule has 1 atom stereocenters. The minimum absolute atomic E-state index is 0.0802. The van der Waals surface area contributed by atoms with Crippen molar-refractivity contribution in [2.75, 3.05) is 17.2 Å². The van der Waals surface area contributed by atoms with Crippen molar-refractivity contribution in [3.8, 4) is 0 Å². The maximum absolute atomic E-state index is 13.4. The van der Waals surface area contributed by atoms with Gasteiger partial charge in [-0.05, 0) is 47.9 Å². The van der Waals surface area contributed by atoms with Gasteiger partial charge in [0.1, 0.15) is 24.0 Å². The zero-order chi connectivity index (χ0) is 23.6. The second-order valence-corrected chi connectivity index (χ2v) is 8.14. The van der Waals surface area contributed by atoms with Crippen LogP contribution in [0.2, 0.25) is 0 Å². The molecule has 9 heteroatoms. The lowest BCUT2D eigenvalue weighted by molar-refractivity contribution is -0.115. The molecule has 0 radical (unpaired) electrons. The van der Waals surface area contributed by atoms with Crippen LogP contribution in [0.3, 0.4) is 0 Å². The minimum Gasteiger partial charge on any atom is -0.361 e. The Hall–Kier alpha value is -3.49. The summed E-state index contributed by atoms with van der Waals surface area (Å²) in [7, 11) is 0. The first-order valence-corrected chi connectivity index (χ1v) is 10.3. The molecule has 4 rings (SSSR count).